The molecule has 2 saturated heterocycles. The fraction of sp³-hybridized carbons (Fsp3) is 0.704. The Morgan fingerprint density at radius 3 is 2.22 bits per heavy atom. The minimum absolute atomic E-state index is 0.0311. The maximum absolute atomic E-state index is 13.7. The van der Waals surface area contributed by atoms with E-state index in [1.807, 2.05) is 11.0 Å². The van der Waals surface area contributed by atoms with Crippen molar-refractivity contribution in [1.82, 2.24) is 9.80 Å². The normalized spacial score (nSPS) is 33.7. The summed E-state index contributed by atoms with van der Waals surface area (Å²) in [6, 6.07) is 6.00. The number of phenols is 1. The quantitative estimate of drug-likeness (QED) is 0.750. The minimum Gasteiger partial charge on any atom is -0.508 e. The van der Waals surface area contributed by atoms with Crippen LogP contribution in [0.3, 0.4) is 0 Å². The minimum atomic E-state index is -0.0649. The number of benzene rings is 1. The van der Waals surface area contributed by atoms with E-state index in [1.54, 1.807) is 6.07 Å². The number of hydrogen-bond acceptors (Lipinski definition) is 3. The fourth-order valence-corrected chi connectivity index (χ4v) is 7.21. The van der Waals surface area contributed by atoms with Crippen LogP contribution >= 0.6 is 0 Å². The zero-order valence-corrected chi connectivity index (χ0v) is 19.9. The van der Waals surface area contributed by atoms with Crippen molar-refractivity contribution in [1.29, 1.82) is 0 Å². The summed E-state index contributed by atoms with van der Waals surface area (Å²) in [4.78, 5) is 30.7. The SMILES string of the molecule is CC1(C)[C@H]2Cc3c(O)cccc3[C@]1(C)CCN2C(=O)C1CCC(C(=O)N2CCCC2)CC1. The van der Waals surface area contributed by atoms with E-state index in [4.69, 9.17) is 0 Å². The lowest BCUT2D eigenvalue weighted by Gasteiger charge is -2.61. The maximum atomic E-state index is 13.7. The number of nitrogens with zero attached hydrogens (tertiary/aromatic N) is 2. The number of hydrogen-bond donors (Lipinski definition) is 1. The molecule has 0 unspecified atom stereocenters. The van der Waals surface area contributed by atoms with Gasteiger partial charge in [0, 0.05) is 42.9 Å². The van der Waals surface area contributed by atoms with Crippen molar-refractivity contribution >= 4 is 11.8 Å². The highest BCUT2D eigenvalue weighted by Crippen LogP contribution is 2.57. The molecule has 1 aromatic carbocycles. The van der Waals surface area contributed by atoms with E-state index in [9.17, 15) is 14.7 Å². The van der Waals surface area contributed by atoms with Gasteiger partial charge in [0.05, 0.1) is 0 Å². The molecule has 2 bridgehead atoms. The molecular weight excluding hydrogens is 400 g/mol. The lowest BCUT2D eigenvalue weighted by atomic mass is 9.51. The van der Waals surface area contributed by atoms with Gasteiger partial charge in [-0.3, -0.25) is 9.59 Å². The van der Waals surface area contributed by atoms with Gasteiger partial charge in [0.1, 0.15) is 5.75 Å². The highest BCUT2D eigenvalue weighted by molar-refractivity contribution is 5.82. The van der Waals surface area contributed by atoms with Gasteiger partial charge in [-0.15, -0.1) is 0 Å². The summed E-state index contributed by atoms with van der Waals surface area (Å²) >= 11 is 0. The molecule has 0 aromatic heterocycles. The Balaban J connectivity index is 1.32. The molecule has 2 heterocycles. The van der Waals surface area contributed by atoms with Crippen LogP contribution in [-0.2, 0) is 21.4 Å². The summed E-state index contributed by atoms with van der Waals surface area (Å²) in [5.74, 6) is 1.10. The van der Waals surface area contributed by atoms with E-state index in [-0.39, 0.29) is 34.6 Å². The van der Waals surface area contributed by atoms with Gasteiger partial charge in [-0.1, -0.05) is 32.9 Å². The Morgan fingerprint density at radius 1 is 0.938 bits per heavy atom. The second-order valence-electron chi connectivity index (χ2n) is 11.4. The molecule has 1 saturated carbocycles. The van der Waals surface area contributed by atoms with Crippen LogP contribution in [-0.4, -0.2) is 52.4 Å². The predicted octanol–water partition coefficient (Wildman–Crippen LogP) is 4.26. The average molecular weight is 439 g/mol. The Labute approximate surface area is 192 Å². The third-order valence-electron chi connectivity index (χ3n) is 9.75. The third-order valence-corrected chi connectivity index (χ3v) is 9.75. The molecule has 1 N–H and O–H groups in total. The zero-order chi connectivity index (χ0) is 22.7. The van der Waals surface area contributed by atoms with Crippen LogP contribution in [0.1, 0.15) is 76.8 Å². The highest BCUT2D eigenvalue weighted by Gasteiger charge is 2.57. The lowest BCUT2D eigenvalue weighted by Crippen LogP contribution is -2.65. The number of carbonyl (C=O) groups excluding carboxylic acids is 2. The van der Waals surface area contributed by atoms with Gasteiger partial charge in [-0.25, -0.2) is 0 Å². The van der Waals surface area contributed by atoms with Gasteiger partial charge in [0.2, 0.25) is 11.8 Å². The van der Waals surface area contributed by atoms with Crippen LogP contribution in [0, 0.1) is 17.3 Å². The summed E-state index contributed by atoms with van der Waals surface area (Å²) < 4.78 is 0. The molecule has 0 radical (unpaired) electrons. The van der Waals surface area contributed by atoms with Crippen LogP contribution in [0.5, 0.6) is 5.75 Å². The number of likely N-dealkylation sites (tertiary alicyclic amines) is 2. The average Bonchev–Trinajstić information content (AvgIpc) is 3.31. The number of amides is 2. The van der Waals surface area contributed by atoms with Crippen molar-refractivity contribution in [2.45, 2.75) is 83.6 Å². The van der Waals surface area contributed by atoms with Crippen molar-refractivity contribution in [3.8, 4) is 5.75 Å². The van der Waals surface area contributed by atoms with Gasteiger partial charge in [-0.05, 0) is 74.0 Å². The summed E-state index contributed by atoms with van der Waals surface area (Å²) in [7, 11) is 0. The van der Waals surface area contributed by atoms with Gasteiger partial charge in [0.15, 0.2) is 0 Å². The van der Waals surface area contributed by atoms with Crippen LogP contribution < -0.4 is 0 Å². The van der Waals surface area contributed by atoms with Crippen molar-refractivity contribution in [3.63, 3.8) is 0 Å². The molecule has 5 nitrogen and oxygen atoms in total. The van der Waals surface area contributed by atoms with E-state index in [2.05, 4.69) is 31.7 Å². The second kappa shape index (κ2) is 7.78. The molecule has 0 spiro atoms. The monoisotopic (exact) mass is 438 g/mol. The number of carbonyl (C=O) groups is 2. The first-order valence-electron chi connectivity index (χ1n) is 12.6. The largest absolute Gasteiger partial charge is 0.508 e. The molecule has 1 aromatic rings. The Kier molecular flexibility index (Phi) is 5.29. The number of phenolic OH excluding ortho intramolecular Hbond substituents is 1. The van der Waals surface area contributed by atoms with Crippen molar-refractivity contribution in [3.05, 3.63) is 29.3 Å². The third kappa shape index (κ3) is 3.18. The van der Waals surface area contributed by atoms with Gasteiger partial charge < -0.3 is 14.9 Å². The first-order valence-corrected chi connectivity index (χ1v) is 12.6. The van der Waals surface area contributed by atoms with E-state index >= 15 is 0 Å². The summed E-state index contributed by atoms with van der Waals surface area (Å²) in [5.41, 5.74) is 2.16. The number of aromatic hydroxyl groups is 1. The molecule has 2 amide bonds. The van der Waals surface area contributed by atoms with Crippen LogP contribution in [0.4, 0.5) is 0 Å². The first-order chi connectivity index (χ1) is 15.2. The molecule has 4 aliphatic rings. The maximum Gasteiger partial charge on any atom is 0.225 e. The molecule has 5 rings (SSSR count). The fourth-order valence-electron chi connectivity index (χ4n) is 7.21. The van der Waals surface area contributed by atoms with E-state index < -0.39 is 0 Å². The summed E-state index contributed by atoms with van der Waals surface area (Å²) in [5, 5.41) is 10.6. The van der Waals surface area contributed by atoms with Gasteiger partial charge in [0.25, 0.3) is 0 Å². The molecule has 5 heteroatoms. The molecule has 2 aliphatic carbocycles. The zero-order valence-electron chi connectivity index (χ0n) is 19.9. The molecular formula is C27H38N2O3. The Hall–Kier alpha value is -2.04. The van der Waals surface area contributed by atoms with Crippen molar-refractivity contribution in [2.75, 3.05) is 19.6 Å². The van der Waals surface area contributed by atoms with E-state index in [1.165, 1.54) is 5.56 Å². The van der Waals surface area contributed by atoms with Crippen LogP contribution in [0.2, 0.25) is 0 Å². The van der Waals surface area contributed by atoms with Crippen molar-refractivity contribution in [2.24, 2.45) is 17.3 Å². The standard InChI is InChI=1S/C27H38N2O3/c1-26(2)23-17-20-21(7-6-8-22(20)30)27(26,3)13-16-29(23)25(32)19-11-9-18(10-12-19)24(31)28-14-4-5-15-28/h6-8,18-19,23,30H,4-5,9-17H2,1-3H3/t18?,19?,23-,27+/m1/s1. The predicted molar refractivity (Wildman–Crippen MR) is 124 cm³/mol. The number of fused-ring (bicyclic) bond motifs is 4. The number of rotatable bonds is 2. The van der Waals surface area contributed by atoms with Crippen LogP contribution in [0.25, 0.3) is 0 Å². The summed E-state index contributed by atoms with van der Waals surface area (Å²) in [6.07, 6.45) is 7.23. The lowest BCUT2D eigenvalue weighted by molar-refractivity contribution is -0.150. The van der Waals surface area contributed by atoms with Crippen molar-refractivity contribution < 1.29 is 14.7 Å². The summed E-state index contributed by atoms with van der Waals surface area (Å²) in [6.45, 7) is 9.52. The van der Waals surface area contributed by atoms with Crippen LogP contribution in [0.15, 0.2) is 18.2 Å². The topological polar surface area (TPSA) is 60.9 Å². The number of piperidine rings is 1. The second-order valence-corrected chi connectivity index (χ2v) is 11.4. The van der Waals surface area contributed by atoms with Gasteiger partial charge in [-0.2, -0.15) is 0 Å². The van der Waals surface area contributed by atoms with E-state index in [0.29, 0.717) is 11.7 Å². The molecule has 174 valence electrons. The smallest absolute Gasteiger partial charge is 0.225 e. The Bertz CT molecular complexity index is 911. The van der Waals surface area contributed by atoms with E-state index in [0.717, 1.165) is 76.6 Å². The first kappa shape index (κ1) is 21.8. The van der Waals surface area contributed by atoms with Gasteiger partial charge >= 0.3 is 0 Å². The molecule has 2 aliphatic heterocycles. The molecule has 2 atom stereocenters. The molecule has 32 heavy (non-hydrogen) atoms. The Morgan fingerprint density at radius 2 is 1.56 bits per heavy atom. The molecule has 3 fully saturated rings. The highest BCUT2D eigenvalue weighted by atomic mass is 16.3.